The lowest BCUT2D eigenvalue weighted by atomic mass is 9.85. The first-order valence-corrected chi connectivity index (χ1v) is 10.0. The van der Waals surface area contributed by atoms with Crippen molar-refractivity contribution in [2.45, 2.75) is 90.4 Å². The van der Waals surface area contributed by atoms with E-state index in [-0.39, 0.29) is 17.8 Å². The SMILES string of the molecule is COC1CCC[C@@H](c2cnc(N(C(=O)OC(C)(C)C)C(=O)OC(C)(C)C)cn2)C1. The van der Waals surface area contributed by atoms with Gasteiger partial charge >= 0.3 is 12.2 Å². The van der Waals surface area contributed by atoms with Crippen molar-refractivity contribution >= 4 is 18.0 Å². The van der Waals surface area contributed by atoms with Gasteiger partial charge in [0.05, 0.1) is 24.2 Å². The maximum Gasteiger partial charge on any atom is 0.425 e. The molecule has 1 aliphatic rings. The first-order valence-electron chi connectivity index (χ1n) is 10.0. The third kappa shape index (κ3) is 6.96. The fourth-order valence-corrected chi connectivity index (χ4v) is 3.16. The zero-order valence-corrected chi connectivity index (χ0v) is 18.5. The summed E-state index contributed by atoms with van der Waals surface area (Å²) in [6, 6.07) is 0. The predicted octanol–water partition coefficient (Wildman–Crippen LogP) is 4.83. The average molecular weight is 408 g/mol. The number of hydrogen-bond donors (Lipinski definition) is 0. The van der Waals surface area contributed by atoms with Crippen molar-refractivity contribution in [1.29, 1.82) is 0 Å². The molecule has 0 saturated heterocycles. The van der Waals surface area contributed by atoms with Crippen molar-refractivity contribution in [1.82, 2.24) is 9.97 Å². The highest BCUT2D eigenvalue weighted by molar-refractivity contribution is 6.08. The van der Waals surface area contributed by atoms with E-state index in [4.69, 9.17) is 14.2 Å². The number of carbonyl (C=O) groups is 2. The first-order chi connectivity index (χ1) is 13.4. The predicted molar refractivity (Wildman–Crippen MR) is 109 cm³/mol. The molecule has 8 heteroatoms. The topological polar surface area (TPSA) is 90.8 Å². The van der Waals surface area contributed by atoms with Crippen LogP contribution < -0.4 is 4.90 Å². The molecule has 0 bridgehead atoms. The maximum absolute atomic E-state index is 12.7. The van der Waals surface area contributed by atoms with Gasteiger partial charge in [-0.05, 0) is 60.8 Å². The van der Waals surface area contributed by atoms with E-state index in [0.29, 0.717) is 0 Å². The standard InChI is InChI=1S/C21H33N3O5/c1-20(2,3)28-18(25)24(19(26)29-21(4,5)6)17-13-22-16(12-23-17)14-9-8-10-15(11-14)27-7/h12-15H,8-11H2,1-7H3/t14-,15?/m1/s1. The fourth-order valence-electron chi connectivity index (χ4n) is 3.16. The number of rotatable bonds is 3. The first kappa shape index (κ1) is 23.1. The minimum atomic E-state index is -0.856. The van der Waals surface area contributed by atoms with Crippen LogP contribution in [-0.2, 0) is 14.2 Å². The van der Waals surface area contributed by atoms with Gasteiger partial charge in [0.15, 0.2) is 5.82 Å². The summed E-state index contributed by atoms with van der Waals surface area (Å²) >= 11 is 0. The number of anilines is 1. The summed E-state index contributed by atoms with van der Waals surface area (Å²) in [6.45, 7) is 10.3. The largest absolute Gasteiger partial charge is 0.443 e. The van der Waals surface area contributed by atoms with Gasteiger partial charge in [-0.25, -0.2) is 14.6 Å². The Hall–Kier alpha value is -2.22. The van der Waals surface area contributed by atoms with E-state index < -0.39 is 23.4 Å². The molecule has 1 fully saturated rings. The Morgan fingerprint density at radius 3 is 2.00 bits per heavy atom. The molecule has 2 atom stereocenters. The smallest absolute Gasteiger partial charge is 0.425 e. The second-order valence-electron chi connectivity index (χ2n) is 9.32. The highest BCUT2D eigenvalue weighted by Gasteiger charge is 2.34. The highest BCUT2D eigenvalue weighted by atomic mass is 16.6. The summed E-state index contributed by atoms with van der Waals surface area (Å²) in [5.41, 5.74) is -0.729. The van der Waals surface area contributed by atoms with Crippen LogP contribution in [-0.4, -0.2) is 46.6 Å². The highest BCUT2D eigenvalue weighted by Crippen LogP contribution is 2.33. The van der Waals surface area contributed by atoms with Crippen LogP contribution in [0.2, 0.25) is 0 Å². The molecule has 0 spiro atoms. The van der Waals surface area contributed by atoms with Gasteiger partial charge < -0.3 is 14.2 Å². The molecule has 0 aromatic carbocycles. The minimum absolute atomic E-state index is 0.0661. The molecule has 1 heterocycles. The summed E-state index contributed by atoms with van der Waals surface area (Å²) < 4.78 is 16.2. The molecule has 8 nitrogen and oxygen atoms in total. The van der Waals surface area contributed by atoms with Crippen molar-refractivity contribution in [2.24, 2.45) is 0 Å². The molecule has 1 saturated carbocycles. The Kier molecular flexibility index (Phi) is 7.21. The quantitative estimate of drug-likeness (QED) is 0.709. The van der Waals surface area contributed by atoms with Gasteiger partial charge in [-0.2, -0.15) is 4.90 Å². The van der Waals surface area contributed by atoms with Crippen molar-refractivity contribution in [3.63, 3.8) is 0 Å². The van der Waals surface area contributed by atoms with Crippen LogP contribution in [0.15, 0.2) is 12.4 Å². The molecule has 1 aromatic rings. The molecule has 1 aromatic heterocycles. The molecule has 0 N–H and O–H groups in total. The normalized spacial score (nSPS) is 20.1. The van der Waals surface area contributed by atoms with Gasteiger partial charge in [0.25, 0.3) is 0 Å². The minimum Gasteiger partial charge on any atom is -0.443 e. The lowest BCUT2D eigenvalue weighted by molar-refractivity contribution is 0.0429. The van der Waals surface area contributed by atoms with Crippen molar-refractivity contribution < 1.29 is 23.8 Å². The fraction of sp³-hybridized carbons (Fsp3) is 0.714. The van der Waals surface area contributed by atoms with Crippen LogP contribution in [0.25, 0.3) is 0 Å². The lowest BCUT2D eigenvalue weighted by Gasteiger charge is -2.29. The molecule has 0 aliphatic heterocycles. The van der Waals surface area contributed by atoms with E-state index in [1.807, 2.05) is 0 Å². The molecule has 162 valence electrons. The maximum atomic E-state index is 12.7. The van der Waals surface area contributed by atoms with Crippen LogP contribution in [0.3, 0.4) is 0 Å². The van der Waals surface area contributed by atoms with E-state index in [0.717, 1.165) is 36.3 Å². The number of nitrogens with zero attached hydrogens (tertiary/aromatic N) is 3. The number of amides is 2. The lowest BCUT2D eigenvalue weighted by Crippen LogP contribution is -2.44. The van der Waals surface area contributed by atoms with Gasteiger partial charge in [0.1, 0.15) is 11.2 Å². The van der Waals surface area contributed by atoms with E-state index in [1.54, 1.807) is 54.8 Å². The molecular formula is C21H33N3O5. The Balaban J connectivity index is 2.25. The summed E-state index contributed by atoms with van der Waals surface area (Å²) in [6.07, 6.45) is 5.53. The van der Waals surface area contributed by atoms with Crippen LogP contribution in [0.5, 0.6) is 0 Å². The number of carbonyl (C=O) groups excluding carboxylic acids is 2. The van der Waals surface area contributed by atoms with E-state index in [9.17, 15) is 9.59 Å². The Morgan fingerprint density at radius 2 is 1.55 bits per heavy atom. The van der Waals surface area contributed by atoms with Crippen molar-refractivity contribution in [3.05, 3.63) is 18.1 Å². The third-order valence-electron chi connectivity index (χ3n) is 4.42. The zero-order chi connectivity index (χ0) is 21.8. The second-order valence-corrected chi connectivity index (χ2v) is 9.32. The van der Waals surface area contributed by atoms with Crippen LogP contribution in [0.1, 0.15) is 78.8 Å². The number of aromatic nitrogens is 2. The number of hydrogen-bond acceptors (Lipinski definition) is 7. The van der Waals surface area contributed by atoms with Gasteiger partial charge in [0.2, 0.25) is 0 Å². The monoisotopic (exact) mass is 407 g/mol. The van der Waals surface area contributed by atoms with Gasteiger partial charge in [-0.3, -0.25) is 4.98 Å². The number of imide groups is 1. The van der Waals surface area contributed by atoms with Crippen LogP contribution in [0, 0.1) is 0 Å². The Bertz CT molecular complexity index is 679. The van der Waals surface area contributed by atoms with Crippen molar-refractivity contribution in [2.75, 3.05) is 12.0 Å². The molecule has 1 unspecified atom stereocenters. The molecule has 2 amide bonds. The van der Waals surface area contributed by atoms with Gasteiger partial charge in [0, 0.05) is 13.0 Å². The van der Waals surface area contributed by atoms with E-state index in [2.05, 4.69) is 9.97 Å². The third-order valence-corrected chi connectivity index (χ3v) is 4.42. The molecule has 1 aliphatic carbocycles. The average Bonchev–Trinajstić information content (AvgIpc) is 2.59. The molecule has 2 rings (SSSR count). The number of ether oxygens (including phenoxy) is 3. The van der Waals surface area contributed by atoms with E-state index in [1.165, 1.54) is 6.20 Å². The zero-order valence-electron chi connectivity index (χ0n) is 18.5. The molecule has 29 heavy (non-hydrogen) atoms. The summed E-state index contributed by atoms with van der Waals surface area (Å²) in [5.74, 6) is 0.308. The Labute approximate surface area is 172 Å². The van der Waals surface area contributed by atoms with E-state index >= 15 is 0 Å². The van der Waals surface area contributed by atoms with Crippen LogP contribution >= 0.6 is 0 Å². The van der Waals surface area contributed by atoms with Crippen LogP contribution in [0.4, 0.5) is 15.4 Å². The Morgan fingerprint density at radius 1 is 0.966 bits per heavy atom. The van der Waals surface area contributed by atoms with Crippen molar-refractivity contribution in [3.8, 4) is 0 Å². The van der Waals surface area contributed by atoms with Gasteiger partial charge in [-0.1, -0.05) is 6.42 Å². The summed E-state index contributed by atoms with van der Waals surface area (Å²) in [4.78, 5) is 34.9. The summed E-state index contributed by atoms with van der Waals surface area (Å²) in [7, 11) is 1.72. The number of methoxy groups -OCH3 is 1. The second kappa shape index (κ2) is 9.07. The molecular weight excluding hydrogens is 374 g/mol. The van der Waals surface area contributed by atoms with Gasteiger partial charge in [-0.15, -0.1) is 0 Å². The summed E-state index contributed by atoms with van der Waals surface area (Å²) in [5, 5.41) is 0. The molecule has 0 radical (unpaired) electrons.